The molecule has 0 radical (unpaired) electrons. The quantitative estimate of drug-likeness (QED) is 0.325. The molecule has 0 aliphatic rings. The number of hydrogen-bond acceptors (Lipinski definition) is 5. The van der Waals surface area contributed by atoms with Crippen LogP contribution in [0.1, 0.15) is 12.6 Å². The number of ether oxygens (including phenoxy) is 1. The van der Waals surface area contributed by atoms with E-state index in [0.717, 1.165) is 16.7 Å². The van der Waals surface area contributed by atoms with Gasteiger partial charge in [0.1, 0.15) is 5.75 Å². The van der Waals surface area contributed by atoms with Crippen molar-refractivity contribution < 1.29 is 54.0 Å². The van der Waals surface area contributed by atoms with Gasteiger partial charge < -0.3 is 11.3 Å². The standard InChI is InChI=1S/C27H24N2O5S.Na.H/c30-27(31)20-34-25-8-4-6-22(16-25)19-29(35(32,33)26-9-2-1-3-10-26)18-21-11-13-23(14-12-21)24-7-5-15-28-17-24;;/h1-17H,18-20H2,(H,30,31);;/q;+1;-1. The van der Waals surface area contributed by atoms with Crippen LogP contribution in [0.15, 0.2) is 108 Å². The second-order valence-electron chi connectivity index (χ2n) is 7.85. The van der Waals surface area contributed by atoms with Gasteiger partial charge in [-0.2, -0.15) is 4.31 Å². The summed E-state index contributed by atoms with van der Waals surface area (Å²) in [5.41, 5.74) is 3.48. The van der Waals surface area contributed by atoms with E-state index in [0.29, 0.717) is 11.3 Å². The molecule has 3 aromatic carbocycles. The van der Waals surface area contributed by atoms with E-state index in [1.807, 2.05) is 36.4 Å². The zero-order chi connectivity index (χ0) is 24.7. The first kappa shape index (κ1) is 27.6. The van der Waals surface area contributed by atoms with Gasteiger partial charge in [-0.05, 0) is 52.6 Å². The van der Waals surface area contributed by atoms with Gasteiger partial charge in [0.05, 0.1) is 4.90 Å². The molecule has 0 fully saturated rings. The Morgan fingerprint density at radius 2 is 1.58 bits per heavy atom. The number of hydrogen-bond donors (Lipinski definition) is 1. The summed E-state index contributed by atoms with van der Waals surface area (Å²) in [6.45, 7) is -0.227. The Morgan fingerprint density at radius 1 is 0.861 bits per heavy atom. The molecule has 4 rings (SSSR count). The van der Waals surface area contributed by atoms with Crippen LogP contribution < -0.4 is 34.3 Å². The van der Waals surface area contributed by atoms with E-state index in [-0.39, 0.29) is 49.0 Å². The van der Waals surface area contributed by atoms with Crippen LogP contribution in [0.2, 0.25) is 0 Å². The van der Waals surface area contributed by atoms with Crippen molar-refractivity contribution in [2.24, 2.45) is 0 Å². The average Bonchev–Trinajstić information content (AvgIpc) is 2.89. The van der Waals surface area contributed by atoms with E-state index in [2.05, 4.69) is 4.98 Å². The first-order chi connectivity index (χ1) is 16.9. The number of carbonyl (C=O) groups is 1. The largest absolute Gasteiger partial charge is 1.00 e. The van der Waals surface area contributed by atoms with E-state index in [9.17, 15) is 13.2 Å². The molecule has 36 heavy (non-hydrogen) atoms. The monoisotopic (exact) mass is 512 g/mol. The number of nitrogens with zero attached hydrogens (tertiary/aromatic N) is 2. The Kier molecular flexibility index (Phi) is 9.81. The molecule has 4 aromatic rings. The third-order valence-electron chi connectivity index (χ3n) is 5.31. The molecule has 0 atom stereocenters. The molecule has 0 bridgehead atoms. The molecule has 0 amide bonds. The van der Waals surface area contributed by atoms with E-state index < -0.39 is 22.6 Å². The fourth-order valence-corrected chi connectivity index (χ4v) is 5.03. The topological polar surface area (TPSA) is 96.8 Å². The van der Waals surface area contributed by atoms with Crippen LogP contribution >= 0.6 is 0 Å². The molecule has 0 saturated heterocycles. The minimum atomic E-state index is -3.81. The van der Waals surface area contributed by atoms with Crippen LogP contribution in [0, 0.1) is 0 Å². The number of sulfonamides is 1. The number of aliphatic carboxylic acids is 1. The molecule has 0 saturated carbocycles. The average molecular weight is 513 g/mol. The summed E-state index contributed by atoms with van der Waals surface area (Å²) in [4.78, 5) is 15.2. The van der Waals surface area contributed by atoms with Gasteiger partial charge in [-0.1, -0.05) is 60.7 Å². The van der Waals surface area contributed by atoms with Crippen molar-refractivity contribution in [3.05, 3.63) is 115 Å². The number of carboxylic acids is 1. The summed E-state index contributed by atoms with van der Waals surface area (Å²) in [5, 5.41) is 8.86. The molecule has 0 aliphatic carbocycles. The molecule has 1 heterocycles. The number of pyridine rings is 1. The van der Waals surface area contributed by atoms with Crippen LogP contribution in [0.5, 0.6) is 5.75 Å². The molecule has 0 aliphatic heterocycles. The molecule has 0 unspecified atom stereocenters. The number of carboxylic acid groups (broad SMARTS) is 1. The molecule has 180 valence electrons. The van der Waals surface area contributed by atoms with Crippen LogP contribution in [0.4, 0.5) is 0 Å². The van der Waals surface area contributed by atoms with Gasteiger partial charge in [0.2, 0.25) is 10.0 Å². The Hall–Kier alpha value is -3.01. The maximum Gasteiger partial charge on any atom is 1.00 e. The van der Waals surface area contributed by atoms with Crippen molar-refractivity contribution in [1.29, 1.82) is 0 Å². The molecule has 1 N–H and O–H groups in total. The zero-order valence-electron chi connectivity index (χ0n) is 20.8. The summed E-state index contributed by atoms with van der Waals surface area (Å²) >= 11 is 0. The van der Waals surface area contributed by atoms with Gasteiger partial charge in [0.25, 0.3) is 0 Å². The van der Waals surface area contributed by atoms with E-state index >= 15 is 0 Å². The van der Waals surface area contributed by atoms with Gasteiger partial charge in [0, 0.05) is 25.5 Å². The van der Waals surface area contributed by atoms with Crippen molar-refractivity contribution in [1.82, 2.24) is 9.29 Å². The van der Waals surface area contributed by atoms with Crippen molar-refractivity contribution in [3.63, 3.8) is 0 Å². The summed E-state index contributed by atoms with van der Waals surface area (Å²) in [6.07, 6.45) is 3.49. The first-order valence-electron chi connectivity index (χ1n) is 10.9. The van der Waals surface area contributed by atoms with Crippen LogP contribution in [0.25, 0.3) is 11.1 Å². The van der Waals surface area contributed by atoms with E-state index in [1.165, 1.54) is 4.31 Å². The fraction of sp³-hybridized carbons (Fsp3) is 0.111. The van der Waals surface area contributed by atoms with Crippen molar-refractivity contribution in [3.8, 4) is 16.9 Å². The SMILES string of the molecule is O=C(O)COc1cccc(CN(Cc2ccc(-c3cccnc3)cc2)S(=O)(=O)c2ccccc2)c1.[H-].[Na+]. The summed E-state index contributed by atoms with van der Waals surface area (Å²) in [5.74, 6) is -0.721. The van der Waals surface area contributed by atoms with Gasteiger partial charge in [-0.25, -0.2) is 13.2 Å². The number of rotatable bonds is 10. The molecule has 9 heteroatoms. The van der Waals surface area contributed by atoms with E-state index in [4.69, 9.17) is 9.84 Å². The van der Waals surface area contributed by atoms with Gasteiger partial charge in [-0.3, -0.25) is 4.98 Å². The second kappa shape index (κ2) is 12.8. The summed E-state index contributed by atoms with van der Waals surface area (Å²) in [7, 11) is -3.81. The maximum absolute atomic E-state index is 13.5. The van der Waals surface area contributed by atoms with Crippen LogP contribution in [-0.2, 0) is 27.9 Å². The minimum absolute atomic E-state index is 0. The Morgan fingerprint density at radius 3 is 2.25 bits per heavy atom. The van der Waals surface area contributed by atoms with Crippen LogP contribution in [0.3, 0.4) is 0 Å². The Bertz CT molecular complexity index is 1390. The first-order valence-corrected chi connectivity index (χ1v) is 12.3. The summed E-state index contributed by atoms with van der Waals surface area (Å²) in [6, 6.07) is 26.6. The molecular formula is C27H25N2NaO5S. The fourth-order valence-electron chi connectivity index (χ4n) is 3.59. The third kappa shape index (κ3) is 7.25. The molecule has 0 spiro atoms. The van der Waals surface area contributed by atoms with Gasteiger partial charge >= 0.3 is 35.5 Å². The normalized spacial score (nSPS) is 11.0. The van der Waals surface area contributed by atoms with Gasteiger partial charge in [-0.15, -0.1) is 0 Å². The number of benzene rings is 3. The third-order valence-corrected chi connectivity index (χ3v) is 7.11. The van der Waals surface area contributed by atoms with Crippen LogP contribution in [-0.4, -0.2) is 35.4 Å². The molecule has 1 aromatic heterocycles. The Labute approximate surface area is 234 Å². The summed E-state index contributed by atoms with van der Waals surface area (Å²) < 4.78 is 33.7. The second-order valence-corrected chi connectivity index (χ2v) is 9.79. The number of aromatic nitrogens is 1. The van der Waals surface area contributed by atoms with Gasteiger partial charge in [0.15, 0.2) is 6.61 Å². The predicted molar refractivity (Wildman–Crippen MR) is 133 cm³/mol. The Balaban J connectivity index is 0.00000241. The van der Waals surface area contributed by atoms with Crippen molar-refractivity contribution in [2.75, 3.05) is 6.61 Å². The predicted octanol–water partition coefficient (Wildman–Crippen LogP) is 1.72. The molecule has 7 nitrogen and oxygen atoms in total. The zero-order valence-corrected chi connectivity index (χ0v) is 22.6. The maximum atomic E-state index is 13.5. The van der Waals surface area contributed by atoms with E-state index in [1.54, 1.807) is 67.0 Å². The van der Waals surface area contributed by atoms with Crippen molar-refractivity contribution in [2.45, 2.75) is 18.0 Å². The minimum Gasteiger partial charge on any atom is -1.00 e. The smallest absolute Gasteiger partial charge is 1.00 e. The van der Waals surface area contributed by atoms with Crippen molar-refractivity contribution >= 4 is 16.0 Å². The molecular weight excluding hydrogens is 487 g/mol.